The molecule has 0 bridgehead atoms. The molecule has 0 fully saturated rings. The van der Waals surface area contributed by atoms with E-state index >= 15 is 0 Å². The molecule has 1 N–H and O–H groups in total. The number of amides is 1. The SMILES string of the molecule is CC(C(=O)NCc1ccccc1)n1cc(Br)cn1. The zero-order valence-corrected chi connectivity index (χ0v) is 11.6. The summed E-state index contributed by atoms with van der Waals surface area (Å²) < 4.78 is 2.50. The fraction of sp³-hybridized carbons (Fsp3) is 0.231. The number of halogens is 1. The molecule has 4 nitrogen and oxygen atoms in total. The third-order valence-electron chi connectivity index (χ3n) is 2.66. The summed E-state index contributed by atoms with van der Waals surface area (Å²) in [4.78, 5) is 11.9. The first-order chi connectivity index (χ1) is 8.66. The van der Waals surface area contributed by atoms with Crippen LogP contribution in [-0.4, -0.2) is 15.7 Å². The van der Waals surface area contributed by atoms with E-state index < -0.39 is 0 Å². The first kappa shape index (κ1) is 12.8. The second-order valence-corrected chi connectivity index (χ2v) is 4.93. The van der Waals surface area contributed by atoms with E-state index in [1.165, 1.54) is 0 Å². The molecule has 1 amide bonds. The Bertz CT molecular complexity index is 524. The molecule has 0 saturated carbocycles. The van der Waals surface area contributed by atoms with Crippen molar-refractivity contribution in [2.45, 2.75) is 19.5 Å². The van der Waals surface area contributed by atoms with E-state index in [1.807, 2.05) is 37.3 Å². The van der Waals surface area contributed by atoms with Crippen LogP contribution in [0.1, 0.15) is 18.5 Å². The molecule has 0 saturated heterocycles. The van der Waals surface area contributed by atoms with Gasteiger partial charge in [-0.05, 0) is 28.4 Å². The van der Waals surface area contributed by atoms with E-state index in [1.54, 1.807) is 17.1 Å². The van der Waals surface area contributed by atoms with Gasteiger partial charge in [-0.25, -0.2) is 0 Å². The number of benzene rings is 1. The predicted octanol–water partition coefficient (Wildman–Crippen LogP) is 2.52. The van der Waals surface area contributed by atoms with Crippen molar-refractivity contribution < 1.29 is 4.79 Å². The van der Waals surface area contributed by atoms with Gasteiger partial charge in [0.15, 0.2) is 0 Å². The van der Waals surface area contributed by atoms with Crippen LogP contribution in [0.25, 0.3) is 0 Å². The number of carbonyl (C=O) groups is 1. The van der Waals surface area contributed by atoms with Crippen molar-refractivity contribution in [1.29, 1.82) is 0 Å². The Balaban J connectivity index is 1.92. The van der Waals surface area contributed by atoms with Crippen LogP contribution in [0.3, 0.4) is 0 Å². The normalized spacial score (nSPS) is 12.1. The van der Waals surface area contributed by atoms with Crippen LogP contribution >= 0.6 is 15.9 Å². The Hall–Kier alpha value is -1.62. The topological polar surface area (TPSA) is 46.9 Å². The molecule has 94 valence electrons. The molecule has 0 aliphatic heterocycles. The lowest BCUT2D eigenvalue weighted by atomic mass is 10.2. The number of hydrogen-bond donors (Lipinski definition) is 1. The fourth-order valence-corrected chi connectivity index (χ4v) is 1.88. The number of rotatable bonds is 4. The maximum Gasteiger partial charge on any atom is 0.244 e. The Morgan fingerprint density at radius 1 is 1.44 bits per heavy atom. The summed E-state index contributed by atoms with van der Waals surface area (Å²) in [6.45, 7) is 2.35. The monoisotopic (exact) mass is 307 g/mol. The maximum atomic E-state index is 11.9. The van der Waals surface area contributed by atoms with Crippen LogP contribution in [0.5, 0.6) is 0 Å². The van der Waals surface area contributed by atoms with E-state index in [2.05, 4.69) is 26.3 Å². The molecule has 1 aromatic carbocycles. The summed E-state index contributed by atoms with van der Waals surface area (Å²) in [6, 6.07) is 9.51. The second-order valence-electron chi connectivity index (χ2n) is 4.02. The smallest absolute Gasteiger partial charge is 0.244 e. The van der Waals surface area contributed by atoms with Gasteiger partial charge in [0, 0.05) is 12.7 Å². The zero-order chi connectivity index (χ0) is 13.0. The molecule has 2 aromatic rings. The number of aromatic nitrogens is 2. The van der Waals surface area contributed by atoms with Crippen molar-refractivity contribution in [3.05, 3.63) is 52.8 Å². The Kier molecular flexibility index (Phi) is 4.15. The van der Waals surface area contributed by atoms with E-state index in [0.29, 0.717) is 6.54 Å². The van der Waals surface area contributed by atoms with Crippen LogP contribution in [0.4, 0.5) is 0 Å². The third-order valence-corrected chi connectivity index (χ3v) is 3.07. The third kappa shape index (κ3) is 3.20. The lowest BCUT2D eigenvalue weighted by Gasteiger charge is -2.12. The van der Waals surface area contributed by atoms with Crippen LogP contribution in [0.15, 0.2) is 47.2 Å². The van der Waals surface area contributed by atoms with Crippen molar-refractivity contribution in [2.24, 2.45) is 0 Å². The summed E-state index contributed by atoms with van der Waals surface area (Å²) in [5, 5.41) is 6.99. The first-order valence-electron chi connectivity index (χ1n) is 5.68. The molecule has 0 spiro atoms. The molecular weight excluding hydrogens is 294 g/mol. The Morgan fingerprint density at radius 2 is 2.17 bits per heavy atom. The van der Waals surface area contributed by atoms with Crippen LogP contribution in [-0.2, 0) is 11.3 Å². The molecule has 1 unspecified atom stereocenters. The van der Waals surface area contributed by atoms with Crippen LogP contribution in [0.2, 0.25) is 0 Å². The number of hydrogen-bond acceptors (Lipinski definition) is 2. The van der Waals surface area contributed by atoms with Gasteiger partial charge in [0.2, 0.25) is 5.91 Å². The van der Waals surface area contributed by atoms with Gasteiger partial charge in [0.05, 0.1) is 10.7 Å². The first-order valence-corrected chi connectivity index (χ1v) is 6.47. The zero-order valence-electron chi connectivity index (χ0n) is 10.0. The van der Waals surface area contributed by atoms with Gasteiger partial charge in [0.1, 0.15) is 6.04 Å². The molecule has 0 radical (unpaired) electrons. The number of nitrogens with zero attached hydrogens (tertiary/aromatic N) is 2. The maximum absolute atomic E-state index is 11.9. The summed E-state index contributed by atoms with van der Waals surface area (Å²) in [5.41, 5.74) is 1.08. The molecule has 1 heterocycles. The largest absolute Gasteiger partial charge is 0.350 e. The van der Waals surface area contributed by atoms with E-state index in [0.717, 1.165) is 10.0 Å². The van der Waals surface area contributed by atoms with Crippen molar-refractivity contribution in [3.63, 3.8) is 0 Å². The van der Waals surface area contributed by atoms with Crippen molar-refractivity contribution >= 4 is 21.8 Å². The predicted molar refractivity (Wildman–Crippen MR) is 72.9 cm³/mol. The minimum atomic E-state index is -0.319. The van der Waals surface area contributed by atoms with Crippen molar-refractivity contribution in [2.75, 3.05) is 0 Å². The summed E-state index contributed by atoms with van der Waals surface area (Å²) in [5.74, 6) is -0.0468. The molecule has 0 aliphatic carbocycles. The van der Waals surface area contributed by atoms with Gasteiger partial charge >= 0.3 is 0 Å². The second kappa shape index (κ2) is 5.82. The number of nitrogens with one attached hydrogen (secondary N) is 1. The highest BCUT2D eigenvalue weighted by Crippen LogP contribution is 2.11. The van der Waals surface area contributed by atoms with Gasteiger partial charge in [0.25, 0.3) is 0 Å². The average Bonchev–Trinajstić information content (AvgIpc) is 2.83. The van der Waals surface area contributed by atoms with Crippen LogP contribution in [0, 0.1) is 0 Å². The van der Waals surface area contributed by atoms with E-state index in [4.69, 9.17) is 0 Å². The lowest BCUT2D eigenvalue weighted by molar-refractivity contribution is -0.124. The molecule has 2 rings (SSSR count). The van der Waals surface area contributed by atoms with Crippen LogP contribution < -0.4 is 5.32 Å². The van der Waals surface area contributed by atoms with E-state index in [-0.39, 0.29) is 11.9 Å². The van der Waals surface area contributed by atoms with E-state index in [9.17, 15) is 4.79 Å². The Labute approximate surface area is 114 Å². The fourth-order valence-electron chi connectivity index (χ4n) is 1.58. The lowest BCUT2D eigenvalue weighted by Crippen LogP contribution is -2.30. The molecule has 1 atom stereocenters. The molecular formula is C13H14BrN3O. The Morgan fingerprint density at radius 3 is 2.78 bits per heavy atom. The quantitative estimate of drug-likeness (QED) is 0.943. The summed E-state index contributed by atoms with van der Waals surface area (Å²) in [7, 11) is 0. The molecule has 5 heteroatoms. The summed E-state index contributed by atoms with van der Waals surface area (Å²) >= 11 is 3.31. The number of carbonyl (C=O) groups excluding carboxylic acids is 1. The van der Waals surface area contributed by atoms with Gasteiger partial charge in [-0.15, -0.1) is 0 Å². The van der Waals surface area contributed by atoms with Gasteiger partial charge in [-0.1, -0.05) is 30.3 Å². The standard InChI is InChI=1S/C13H14BrN3O/c1-10(17-9-12(14)8-16-17)13(18)15-7-11-5-3-2-4-6-11/h2-6,8-10H,7H2,1H3,(H,15,18). The average molecular weight is 308 g/mol. The highest BCUT2D eigenvalue weighted by atomic mass is 79.9. The molecule has 0 aliphatic rings. The summed E-state index contributed by atoms with van der Waals surface area (Å²) in [6.07, 6.45) is 3.45. The highest BCUT2D eigenvalue weighted by Gasteiger charge is 2.14. The molecule has 1 aromatic heterocycles. The minimum absolute atomic E-state index is 0.0468. The van der Waals surface area contributed by atoms with Gasteiger partial charge in [-0.3, -0.25) is 9.48 Å². The van der Waals surface area contributed by atoms with Crippen molar-refractivity contribution in [3.8, 4) is 0 Å². The molecule has 18 heavy (non-hydrogen) atoms. The van der Waals surface area contributed by atoms with Gasteiger partial charge < -0.3 is 5.32 Å². The van der Waals surface area contributed by atoms with Gasteiger partial charge in [-0.2, -0.15) is 5.10 Å². The van der Waals surface area contributed by atoms with Crippen molar-refractivity contribution in [1.82, 2.24) is 15.1 Å². The highest BCUT2D eigenvalue weighted by molar-refractivity contribution is 9.10. The minimum Gasteiger partial charge on any atom is -0.350 e.